The average molecular weight is 300 g/mol. The summed E-state index contributed by atoms with van der Waals surface area (Å²) >= 11 is 0. The average Bonchev–Trinajstić information content (AvgIpc) is 2.54. The first-order valence-corrected chi connectivity index (χ1v) is 7.13. The molecule has 6 heteroatoms. The number of ether oxygens (including phenoxy) is 3. The maximum atomic E-state index is 9.29. The molecule has 1 aromatic rings. The van der Waals surface area contributed by atoms with Gasteiger partial charge in [0.2, 0.25) is 5.75 Å². The number of fused-ring (bicyclic) bond motifs is 1. The number of hydrogen-bond donors (Lipinski definition) is 2. The van der Waals surface area contributed by atoms with Gasteiger partial charge in [-0.2, -0.15) is 0 Å². The maximum absolute atomic E-state index is 9.29. The van der Waals surface area contributed by atoms with Gasteiger partial charge in [-0.25, -0.2) is 0 Å². The van der Waals surface area contributed by atoms with Crippen LogP contribution in [-0.4, -0.2) is 24.3 Å². The minimum Gasteiger partial charge on any atom is -0.493 e. The molecule has 1 aliphatic heterocycles. The van der Waals surface area contributed by atoms with E-state index in [1.54, 1.807) is 6.26 Å². The number of hydrogen-bond acceptors (Lipinski definition) is 5. The SMILES string of the molecule is COc1cc(B(O)O)cc2c1OC(CC1=CC=CCC1)=CO2. The third-order valence-corrected chi connectivity index (χ3v) is 3.61. The standard InChI is InChI=1S/C16H17BO5/c1-20-14-8-12(17(18)19)9-15-16(14)22-13(10-21-15)7-11-5-3-2-4-6-11/h2-3,5,8-10,18-19H,4,6-7H2,1H3. The second kappa shape index (κ2) is 6.29. The van der Waals surface area contributed by atoms with Crippen LogP contribution in [0.25, 0.3) is 0 Å². The fourth-order valence-electron chi connectivity index (χ4n) is 2.47. The van der Waals surface area contributed by atoms with Gasteiger partial charge in [0.25, 0.3) is 0 Å². The van der Waals surface area contributed by atoms with Crippen LogP contribution in [0, 0.1) is 0 Å². The Balaban J connectivity index is 1.83. The number of methoxy groups -OCH3 is 1. The van der Waals surface area contributed by atoms with E-state index in [2.05, 4.69) is 12.2 Å². The zero-order valence-corrected chi connectivity index (χ0v) is 12.3. The molecule has 22 heavy (non-hydrogen) atoms. The number of allylic oxidation sites excluding steroid dienone is 4. The molecule has 3 rings (SSSR count). The van der Waals surface area contributed by atoms with Crippen LogP contribution in [-0.2, 0) is 0 Å². The quantitative estimate of drug-likeness (QED) is 0.828. The molecule has 0 saturated carbocycles. The molecule has 0 amide bonds. The molecule has 0 radical (unpaired) electrons. The molecule has 5 nitrogen and oxygen atoms in total. The smallest absolute Gasteiger partial charge is 0.488 e. The largest absolute Gasteiger partial charge is 0.493 e. The minimum absolute atomic E-state index is 0.288. The van der Waals surface area contributed by atoms with E-state index in [0.717, 1.165) is 12.8 Å². The highest BCUT2D eigenvalue weighted by Gasteiger charge is 2.24. The summed E-state index contributed by atoms with van der Waals surface area (Å²) in [7, 11) is -0.0914. The van der Waals surface area contributed by atoms with Gasteiger partial charge in [-0.15, -0.1) is 0 Å². The van der Waals surface area contributed by atoms with Crippen LogP contribution in [0.2, 0.25) is 0 Å². The molecule has 0 aromatic heterocycles. The van der Waals surface area contributed by atoms with E-state index in [0.29, 0.717) is 29.4 Å². The summed E-state index contributed by atoms with van der Waals surface area (Å²) in [6.45, 7) is 0. The van der Waals surface area contributed by atoms with Crippen molar-refractivity contribution in [2.75, 3.05) is 7.11 Å². The highest BCUT2D eigenvalue weighted by molar-refractivity contribution is 6.58. The van der Waals surface area contributed by atoms with Crippen LogP contribution < -0.4 is 19.7 Å². The summed E-state index contributed by atoms with van der Waals surface area (Å²) in [5, 5.41) is 18.6. The first kappa shape index (κ1) is 14.7. The Bertz CT molecular complexity index is 661. The predicted octanol–water partition coefficient (Wildman–Crippen LogP) is 1.65. The van der Waals surface area contributed by atoms with E-state index in [1.807, 2.05) is 6.08 Å². The molecule has 1 aliphatic carbocycles. The summed E-state index contributed by atoms with van der Waals surface area (Å²) in [5.74, 6) is 1.97. The van der Waals surface area contributed by atoms with Crippen LogP contribution in [0.3, 0.4) is 0 Å². The van der Waals surface area contributed by atoms with Crippen molar-refractivity contribution in [1.82, 2.24) is 0 Å². The highest BCUT2D eigenvalue weighted by atomic mass is 16.6. The third kappa shape index (κ3) is 3.03. The van der Waals surface area contributed by atoms with Crippen molar-refractivity contribution in [2.24, 2.45) is 0 Å². The lowest BCUT2D eigenvalue weighted by Gasteiger charge is -2.22. The van der Waals surface area contributed by atoms with E-state index >= 15 is 0 Å². The Hall–Kier alpha value is -2.18. The first-order chi connectivity index (χ1) is 10.7. The maximum Gasteiger partial charge on any atom is 0.488 e. The molecule has 1 heterocycles. The van der Waals surface area contributed by atoms with Gasteiger partial charge in [-0.1, -0.05) is 23.8 Å². The van der Waals surface area contributed by atoms with E-state index in [-0.39, 0.29) is 5.46 Å². The Morgan fingerprint density at radius 3 is 2.86 bits per heavy atom. The van der Waals surface area contributed by atoms with Gasteiger partial charge in [0, 0.05) is 6.42 Å². The van der Waals surface area contributed by atoms with E-state index in [1.165, 1.54) is 24.8 Å². The van der Waals surface area contributed by atoms with Crippen LogP contribution in [0.4, 0.5) is 0 Å². The summed E-state index contributed by atoms with van der Waals surface area (Å²) < 4.78 is 16.7. The van der Waals surface area contributed by atoms with Gasteiger partial charge in [0.1, 0.15) is 12.0 Å². The second-order valence-electron chi connectivity index (χ2n) is 5.20. The van der Waals surface area contributed by atoms with Crippen LogP contribution in [0.5, 0.6) is 17.2 Å². The Kier molecular flexibility index (Phi) is 4.22. The van der Waals surface area contributed by atoms with Gasteiger partial charge in [0.05, 0.1) is 7.11 Å². The molecular formula is C16H17BO5. The van der Waals surface area contributed by atoms with Crippen LogP contribution >= 0.6 is 0 Å². The van der Waals surface area contributed by atoms with Crippen molar-refractivity contribution in [3.05, 3.63) is 48.0 Å². The molecule has 114 valence electrons. The van der Waals surface area contributed by atoms with Crippen molar-refractivity contribution in [3.63, 3.8) is 0 Å². The van der Waals surface area contributed by atoms with Gasteiger partial charge in [-0.05, 0) is 30.4 Å². The molecule has 0 saturated heterocycles. The Morgan fingerprint density at radius 2 is 2.18 bits per heavy atom. The lowest BCUT2D eigenvalue weighted by molar-refractivity contribution is 0.296. The monoisotopic (exact) mass is 300 g/mol. The fourth-order valence-corrected chi connectivity index (χ4v) is 2.47. The Morgan fingerprint density at radius 1 is 1.32 bits per heavy atom. The van der Waals surface area contributed by atoms with Gasteiger partial charge in [-0.3, -0.25) is 0 Å². The predicted molar refractivity (Wildman–Crippen MR) is 83.2 cm³/mol. The van der Waals surface area contributed by atoms with Crippen molar-refractivity contribution in [3.8, 4) is 17.2 Å². The van der Waals surface area contributed by atoms with Crippen molar-refractivity contribution >= 4 is 12.6 Å². The summed E-state index contributed by atoms with van der Waals surface area (Å²) in [4.78, 5) is 0. The number of benzene rings is 1. The molecule has 0 atom stereocenters. The van der Waals surface area contributed by atoms with Gasteiger partial charge >= 0.3 is 7.12 Å². The molecule has 2 N–H and O–H groups in total. The molecule has 0 unspecified atom stereocenters. The zero-order chi connectivity index (χ0) is 15.5. The first-order valence-electron chi connectivity index (χ1n) is 7.13. The molecule has 0 bridgehead atoms. The topological polar surface area (TPSA) is 68.2 Å². The number of rotatable bonds is 4. The third-order valence-electron chi connectivity index (χ3n) is 3.61. The molecule has 2 aliphatic rings. The van der Waals surface area contributed by atoms with Crippen LogP contribution in [0.1, 0.15) is 19.3 Å². The van der Waals surface area contributed by atoms with Crippen LogP contribution in [0.15, 0.2) is 48.0 Å². The molecule has 1 aromatic carbocycles. The van der Waals surface area contributed by atoms with Gasteiger partial charge < -0.3 is 24.3 Å². The van der Waals surface area contributed by atoms with Crippen molar-refractivity contribution in [1.29, 1.82) is 0 Å². The lowest BCUT2D eigenvalue weighted by Crippen LogP contribution is -2.30. The van der Waals surface area contributed by atoms with E-state index < -0.39 is 7.12 Å². The zero-order valence-electron chi connectivity index (χ0n) is 12.3. The molecular weight excluding hydrogens is 283 g/mol. The lowest BCUT2D eigenvalue weighted by atomic mass is 9.80. The Labute approximate surface area is 129 Å². The fraction of sp³-hybridized carbons (Fsp3) is 0.250. The van der Waals surface area contributed by atoms with Crippen molar-refractivity contribution < 1.29 is 24.3 Å². The molecule has 0 fully saturated rings. The minimum atomic E-state index is -1.59. The summed E-state index contributed by atoms with van der Waals surface area (Å²) in [6.07, 6.45) is 10.6. The summed E-state index contributed by atoms with van der Waals surface area (Å²) in [6, 6.07) is 3.05. The second-order valence-corrected chi connectivity index (χ2v) is 5.20. The molecule has 0 spiro atoms. The van der Waals surface area contributed by atoms with Crippen molar-refractivity contribution in [2.45, 2.75) is 19.3 Å². The van der Waals surface area contributed by atoms with E-state index in [9.17, 15) is 10.0 Å². The normalized spacial score (nSPS) is 16.0. The van der Waals surface area contributed by atoms with Gasteiger partial charge in [0.15, 0.2) is 11.5 Å². The summed E-state index contributed by atoms with van der Waals surface area (Å²) in [5.41, 5.74) is 1.57. The highest BCUT2D eigenvalue weighted by Crippen LogP contribution is 2.41. The van der Waals surface area contributed by atoms with E-state index in [4.69, 9.17) is 14.2 Å².